The van der Waals surface area contributed by atoms with E-state index in [-0.39, 0.29) is 10.6 Å². The molecule has 142 valence electrons. The van der Waals surface area contributed by atoms with Gasteiger partial charge in [-0.15, -0.1) is 0 Å². The summed E-state index contributed by atoms with van der Waals surface area (Å²) >= 11 is 12.2. The van der Waals surface area contributed by atoms with E-state index in [1.54, 1.807) is 36.4 Å². The second-order valence-electron chi connectivity index (χ2n) is 6.81. The number of halogens is 2. The number of rotatable bonds is 6. The van der Waals surface area contributed by atoms with Gasteiger partial charge in [-0.05, 0) is 50.6 Å². The van der Waals surface area contributed by atoms with Crippen LogP contribution in [0.25, 0.3) is 0 Å². The van der Waals surface area contributed by atoms with E-state index in [0.717, 1.165) is 0 Å². The average molecular weight is 434 g/mol. The van der Waals surface area contributed by atoms with Gasteiger partial charge in [0.05, 0.1) is 32.4 Å². The summed E-state index contributed by atoms with van der Waals surface area (Å²) in [6.45, 7) is 5.42. The fraction of sp³-hybridized carbons (Fsp3) is 0.333. The van der Waals surface area contributed by atoms with Crippen molar-refractivity contribution in [2.45, 2.75) is 36.5 Å². The third-order valence-corrected chi connectivity index (χ3v) is 7.57. The van der Waals surface area contributed by atoms with Crippen molar-refractivity contribution < 1.29 is 12.6 Å². The highest BCUT2D eigenvalue weighted by atomic mass is 35.5. The maximum atomic E-state index is 12.8. The SMILES string of the molecule is CC(C)(C)S(=O)N[C@@H](CS(=O)(=O)c1ccccc1)c1ccc(Cl)cc1Cl. The zero-order chi connectivity index (χ0) is 19.5. The summed E-state index contributed by atoms with van der Waals surface area (Å²) in [5, 5.41) is 0.768. The van der Waals surface area contributed by atoms with Gasteiger partial charge in [-0.1, -0.05) is 47.5 Å². The Hall–Kier alpha value is -0.920. The minimum Gasteiger partial charge on any atom is -0.242 e. The Labute approximate surface area is 167 Å². The Morgan fingerprint density at radius 1 is 1.08 bits per heavy atom. The molecule has 0 saturated heterocycles. The van der Waals surface area contributed by atoms with Gasteiger partial charge >= 0.3 is 0 Å². The zero-order valence-corrected chi connectivity index (χ0v) is 17.8. The molecular formula is C18H21Cl2NO3S2. The fourth-order valence-electron chi connectivity index (χ4n) is 2.22. The summed E-state index contributed by atoms with van der Waals surface area (Å²) in [4.78, 5) is 0.207. The van der Waals surface area contributed by atoms with Gasteiger partial charge in [0.15, 0.2) is 9.84 Å². The smallest absolute Gasteiger partial charge is 0.180 e. The van der Waals surface area contributed by atoms with Crippen LogP contribution in [0.3, 0.4) is 0 Å². The number of hydrogen-bond acceptors (Lipinski definition) is 3. The van der Waals surface area contributed by atoms with Crippen molar-refractivity contribution >= 4 is 44.0 Å². The van der Waals surface area contributed by atoms with Crippen LogP contribution < -0.4 is 4.72 Å². The Bertz CT molecular complexity index is 894. The zero-order valence-electron chi connectivity index (χ0n) is 14.7. The maximum absolute atomic E-state index is 12.8. The molecule has 0 heterocycles. The highest BCUT2D eigenvalue weighted by Crippen LogP contribution is 2.29. The first-order chi connectivity index (χ1) is 12.0. The van der Waals surface area contributed by atoms with E-state index < -0.39 is 31.6 Å². The van der Waals surface area contributed by atoms with Crippen molar-refractivity contribution in [3.05, 3.63) is 64.1 Å². The molecule has 0 aliphatic carbocycles. The van der Waals surface area contributed by atoms with Crippen molar-refractivity contribution in [3.8, 4) is 0 Å². The fourth-order valence-corrected chi connectivity index (χ4v) is 5.15. The topological polar surface area (TPSA) is 63.2 Å². The molecule has 26 heavy (non-hydrogen) atoms. The summed E-state index contributed by atoms with van der Waals surface area (Å²) < 4.78 is 40.6. The lowest BCUT2D eigenvalue weighted by atomic mass is 10.1. The van der Waals surface area contributed by atoms with E-state index >= 15 is 0 Å². The predicted octanol–water partition coefficient (Wildman–Crippen LogP) is 4.56. The second kappa shape index (κ2) is 8.40. The first kappa shape index (κ1) is 21.4. The highest BCUT2D eigenvalue weighted by molar-refractivity contribution is 7.91. The monoisotopic (exact) mass is 433 g/mol. The van der Waals surface area contributed by atoms with Crippen molar-refractivity contribution in [2.24, 2.45) is 0 Å². The summed E-state index contributed by atoms with van der Waals surface area (Å²) in [5.74, 6) is -0.278. The quantitative estimate of drug-likeness (QED) is 0.725. The summed E-state index contributed by atoms with van der Waals surface area (Å²) in [6, 6.07) is 12.2. The lowest BCUT2D eigenvalue weighted by Gasteiger charge is -2.25. The van der Waals surface area contributed by atoms with Gasteiger partial charge < -0.3 is 0 Å². The molecule has 0 aromatic heterocycles. The van der Waals surface area contributed by atoms with Gasteiger partial charge in [-0.25, -0.2) is 17.3 Å². The number of sulfone groups is 1. The van der Waals surface area contributed by atoms with E-state index in [4.69, 9.17) is 23.2 Å². The van der Waals surface area contributed by atoms with E-state index in [1.165, 1.54) is 12.1 Å². The molecule has 0 fully saturated rings. The van der Waals surface area contributed by atoms with Gasteiger partial charge in [-0.3, -0.25) is 0 Å². The van der Waals surface area contributed by atoms with Gasteiger partial charge in [0.1, 0.15) is 0 Å². The van der Waals surface area contributed by atoms with Crippen LogP contribution in [0.5, 0.6) is 0 Å². The molecule has 2 atom stereocenters. The van der Waals surface area contributed by atoms with E-state index in [0.29, 0.717) is 15.6 Å². The molecule has 0 spiro atoms. The summed E-state index contributed by atoms with van der Waals surface area (Å²) in [7, 11) is -5.09. The molecule has 0 radical (unpaired) electrons. The number of hydrogen-bond donors (Lipinski definition) is 1. The Balaban J connectivity index is 2.42. The molecule has 0 bridgehead atoms. The molecule has 2 aromatic carbocycles. The number of benzene rings is 2. The van der Waals surface area contributed by atoms with E-state index in [9.17, 15) is 12.6 Å². The third kappa shape index (κ3) is 5.54. The Morgan fingerprint density at radius 2 is 1.69 bits per heavy atom. The molecule has 0 aliphatic heterocycles. The molecule has 4 nitrogen and oxygen atoms in total. The Kier molecular flexibility index (Phi) is 6.91. The highest BCUT2D eigenvalue weighted by Gasteiger charge is 2.29. The first-order valence-electron chi connectivity index (χ1n) is 7.91. The van der Waals surface area contributed by atoms with Crippen LogP contribution in [0.4, 0.5) is 0 Å². The maximum Gasteiger partial charge on any atom is 0.180 e. The van der Waals surface area contributed by atoms with Crippen LogP contribution in [0.1, 0.15) is 32.4 Å². The van der Waals surface area contributed by atoms with Gasteiger partial charge in [0.2, 0.25) is 0 Å². The molecule has 0 aliphatic rings. The van der Waals surface area contributed by atoms with Crippen molar-refractivity contribution in [2.75, 3.05) is 5.75 Å². The van der Waals surface area contributed by atoms with Crippen LogP contribution >= 0.6 is 23.2 Å². The lowest BCUT2D eigenvalue weighted by Crippen LogP contribution is -2.38. The number of nitrogens with one attached hydrogen (secondary N) is 1. The van der Waals surface area contributed by atoms with Gasteiger partial charge in [0.25, 0.3) is 0 Å². The van der Waals surface area contributed by atoms with Crippen LogP contribution in [0, 0.1) is 0 Å². The summed E-state index contributed by atoms with van der Waals surface area (Å²) in [5.41, 5.74) is 0.535. The van der Waals surface area contributed by atoms with Crippen molar-refractivity contribution in [3.63, 3.8) is 0 Å². The normalized spacial score (nSPS) is 14.8. The molecule has 1 unspecified atom stereocenters. The molecule has 1 N–H and O–H groups in total. The predicted molar refractivity (Wildman–Crippen MR) is 109 cm³/mol. The largest absolute Gasteiger partial charge is 0.242 e. The van der Waals surface area contributed by atoms with Crippen LogP contribution in [-0.4, -0.2) is 23.1 Å². The van der Waals surface area contributed by atoms with Crippen molar-refractivity contribution in [1.82, 2.24) is 4.72 Å². The van der Waals surface area contributed by atoms with E-state index in [2.05, 4.69) is 4.72 Å². The molecule has 0 amide bonds. The minimum atomic E-state index is -3.61. The van der Waals surface area contributed by atoms with Gasteiger partial charge in [0, 0.05) is 10.0 Å². The van der Waals surface area contributed by atoms with Crippen LogP contribution in [-0.2, 0) is 20.8 Å². The second-order valence-corrected chi connectivity index (χ2v) is 11.7. The molecule has 2 rings (SSSR count). The van der Waals surface area contributed by atoms with E-state index in [1.807, 2.05) is 20.8 Å². The minimum absolute atomic E-state index is 0.207. The first-order valence-corrected chi connectivity index (χ1v) is 11.5. The molecule has 0 saturated carbocycles. The summed E-state index contributed by atoms with van der Waals surface area (Å²) in [6.07, 6.45) is 0. The van der Waals surface area contributed by atoms with Crippen LogP contribution in [0.2, 0.25) is 10.0 Å². The lowest BCUT2D eigenvalue weighted by molar-refractivity contribution is 0.579. The molecule has 2 aromatic rings. The third-order valence-electron chi connectivity index (χ3n) is 3.63. The molecule has 8 heteroatoms. The van der Waals surface area contributed by atoms with Crippen LogP contribution in [0.15, 0.2) is 53.4 Å². The van der Waals surface area contributed by atoms with Gasteiger partial charge in [-0.2, -0.15) is 0 Å². The van der Waals surface area contributed by atoms with Crippen molar-refractivity contribution in [1.29, 1.82) is 0 Å². The molecular weight excluding hydrogens is 413 g/mol. The average Bonchev–Trinajstić information content (AvgIpc) is 2.54. The standard InChI is InChI=1S/C18H21Cl2NO3S2/c1-18(2,3)25(22)21-17(15-10-9-13(19)11-16(15)20)12-26(23,24)14-7-5-4-6-8-14/h4-11,17,21H,12H2,1-3H3/t17-,25?/m0/s1. The Morgan fingerprint density at radius 3 is 2.23 bits per heavy atom.